The Kier molecular flexibility index (Phi) is 4.10. The highest BCUT2D eigenvalue weighted by Gasteiger charge is 2.41. The van der Waals surface area contributed by atoms with E-state index in [1.807, 2.05) is 6.33 Å². The van der Waals surface area contributed by atoms with Gasteiger partial charge in [0.15, 0.2) is 0 Å². The van der Waals surface area contributed by atoms with Gasteiger partial charge in [-0.25, -0.2) is 4.98 Å². The first-order valence-electron chi connectivity index (χ1n) is 9.76. The molecule has 3 heteroatoms. The van der Waals surface area contributed by atoms with Gasteiger partial charge in [0.05, 0.1) is 12.0 Å². The van der Waals surface area contributed by atoms with Crippen molar-refractivity contribution in [2.75, 3.05) is 0 Å². The molecule has 0 amide bonds. The zero-order valence-electron chi connectivity index (χ0n) is 15.6. The van der Waals surface area contributed by atoms with E-state index in [1.54, 1.807) is 0 Å². The van der Waals surface area contributed by atoms with Crippen molar-refractivity contribution < 1.29 is 0 Å². The molecule has 0 bridgehead atoms. The predicted octanol–water partition coefficient (Wildman–Crippen LogP) is 4.54. The van der Waals surface area contributed by atoms with E-state index in [-0.39, 0.29) is 6.04 Å². The Balaban J connectivity index is 1.81. The van der Waals surface area contributed by atoms with Crippen LogP contribution in [0.5, 0.6) is 0 Å². The summed E-state index contributed by atoms with van der Waals surface area (Å²) in [6.07, 6.45) is 5.17. The lowest BCUT2D eigenvalue weighted by atomic mass is 9.77. The first-order valence-corrected chi connectivity index (χ1v) is 9.76. The molecule has 2 N–H and O–H groups in total. The summed E-state index contributed by atoms with van der Waals surface area (Å²) in [6, 6.07) is 32.2. The molecule has 1 heterocycles. The van der Waals surface area contributed by atoms with Crippen LogP contribution in [0.2, 0.25) is 0 Å². The van der Waals surface area contributed by atoms with Crippen molar-refractivity contribution in [2.24, 2.45) is 5.73 Å². The lowest BCUT2D eigenvalue weighted by Gasteiger charge is -2.37. The fraction of sp³-hybridized carbons (Fsp3) is 0.160. The van der Waals surface area contributed by atoms with Crippen molar-refractivity contribution >= 4 is 0 Å². The van der Waals surface area contributed by atoms with Crippen LogP contribution in [0.15, 0.2) is 104 Å². The maximum Gasteiger partial charge on any atom is 0.121 e. The van der Waals surface area contributed by atoms with Gasteiger partial charge in [-0.1, -0.05) is 91.0 Å². The molecule has 5 rings (SSSR count). The molecule has 0 unspecified atom stereocenters. The third kappa shape index (κ3) is 2.67. The zero-order chi connectivity index (χ0) is 19.0. The number of rotatable bonds is 5. The van der Waals surface area contributed by atoms with Crippen molar-refractivity contribution in [3.8, 4) is 0 Å². The molecular weight excluding hydrogens is 342 g/mol. The molecule has 2 atom stereocenters. The largest absolute Gasteiger partial charge is 0.327 e. The summed E-state index contributed by atoms with van der Waals surface area (Å²) in [7, 11) is 0. The lowest BCUT2D eigenvalue weighted by molar-refractivity contribution is 0.514. The Morgan fingerprint density at radius 1 is 0.750 bits per heavy atom. The Morgan fingerprint density at radius 2 is 1.18 bits per heavy atom. The number of nitrogens with two attached hydrogens (primary N) is 1. The second-order valence-electron chi connectivity index (χ2n) is 7.52. The molecular formula is C25H23N3. The van der Waals surface area contributed by atoms with Crippen LogP contribution in [0, 0.1) is 0 Å². The van der Waals surface area contributed by atoms with Crippen LogP contribution in [0.1, 0.15) is 34.7 Å². The molecule has 1 aliphatic rings. The summed E-state index contributed by atoms with van der Waals surface area (Å²) in [5.41, 5.74) is 10.3. The zero-order valence-corrected chi connectivity index (χ0v) is 15.6. The molecule has 1 saturated carbocycles. The monoisotopic (exact) mass is 365 g/mol. The molecule has 1 aromatic heterocycles. The Hall–Kier alpha value is -3.17. The van der Waals surface area contributed by atoms with Crippen LogP contribution in [-0.2, 0) is 5.54 Å². The van der Waals surface area contributed by atoms with Gasteiger partial charge in [0, 0.05) is 18.2 Å². The van der Waals surface area contributed by atoms with Crippen molar-refractivity contribution in [3.05, 3.63) is 126 Å². The smallest absolute Gasteiger partial charge is 0.121 e. The highest BCUT2D eigenvalue weighted by atomic mass is 15.1. The average molecular weight is 365 g/mol. The van der Waals surface area contributed by atoms with Gasteiger partial charge >= 0.3 is 0 Å². The summed E-state index contributed by atoms with van der Waals surface area (Å²) < 4.78 is 2.26. The fourth-order valence-corrected chi connectivity index (χ4v) is 4.25. The van der Waals surface area contributed by atoms with E-state index in [9.17, 15) is 0 Å². The third-order valence-electron chi connectivity index (χ3n) is 5.78. The van der Waals surface area contributed by atoms with E-state index in [0.717, 1.165) is 12.1 Å². The summed E-state index contributed by atoms with van der Waals surface area (Å²) in [5, 5.41) is 0. The normalized spacial score (nSPS) is 18.8. The average Bonchev–Trinajstić information content (AvgIpc) is 3.29. The van der Waals surface area contributed by atoms with Crippen LogP contribution in [0.3, 0.4) is 0 Å². The van der Waals surface area contributed by atoms with E-state index in [2.05, 4.69) is 102 Å². The first-order chi connectivity index (χ1) is 13.8. The molecule has 138 valence electrons. The van der Waals surface area contributed by atoms with Gasteiger partial charge in [-0.3, -0.25) is 0 Å². The topological polar surface area (TPSA) is 43.8 Å². The number of imidazole rings is 1. The molecule has 1 aliphatic carbocycles. The first kappa shape index (κ1) is 17.0. The molecule has 0 radical (unpaired) electrons. The number of hydrogen-bond acceptors (Lipinski definition) is 2. The molecule has 28 heavy (non-hydrogen) atoms. The van der Waals surface area contributed by atoms with Gasteiger partial charge < -0.3 is 10.3 Å². The minimum Gasteiger partial charge on any atom is -0.327 e. The minimum atomic E-state index is -0.492. The predicted molar refractivity (Wildman–Crippen MR) is 112 cm³/mol. The standard InChI is InChI=1S/C25H23N3/c26-23-16-22(23)24-17-28(18-27-24)25(19-10-4-1-5-11-19,20-12-6-2-7-13-20)21-14-8-3-9-15-21/h1-15,17-18,22-23H,16,26H2/t22-,23+/m1/s1. The SMILES string of the molecule is N[C@H]1C[C@H]1c1cn(C(c2ccccc2)(c2ccccc2)c2ccccc2)cn1. The number of aromatic nitrogens is 2. The summed E-state index contributed by atoms with van der Waals surface area (Å²) in [5.74, 6) is 0.376. The quantitative estimate of drug-likeness (QED) is 0.528. The number of nitrogens with zero attached hydrogens (tertiary/aromatic N) is 2. The lowest BCUT2D eigenvalue weighted by Crippen LogP contribution is -2.36. The van der Waals surface area contributed by atoms with E-state index in [0.29, 0.717) is 5.92 Å². The van der Waals surface area contributed by atoms with Crippen molar-refractivity contribution in [1.82, 2.24) is 9.55 Å². The summed E-state index contributed by atoms with van der Waals surface area (Å²) in [4.78, 5) is 4.75. The Labute approximate surface area is 165 Å². The highest BCUT2D eigenvalue weighted by Crippen LogP contribution is 2.43. The van der Waals surface area contributed by atoms with E-state index in [1.165, 1.54) is 16.7 Å². The molecule has 3 aromatic carbocycles. The highest BCUT2D eigenvalue weighted by molar-refractivity contribution is 5.50. The van der Waals surface area contributed by atoms with Gasteiger partial charge in [-0.05, 0) is 23.1 Å². The van der Waals surface area contributed by atoms with Crippen molar-refractivity contribution in [3.63, 3.8) is 0 Å². The Morgan fingerprint density at radius 3 is 1.57 bits per heavy atom. The van der Waals surface area contributed by atoms with Gasteiger partial charge in [-0.15, -0.1) is 0 Å². The molecule has 0 saturated heterocycles. The maximum absolute atomic E-state index is 6.10. The van der Waals surface area contributed by atoms with Gasteiger partial charge in [-0.2, -0.15) is 0 Å². The molecule has 0 spiro atoms. The van der Waals surface area contributed by atoms with E-state index >= 15 is 0 Å². The van der Waals surface area contributed by atoms with Crippen LogP contribution < -0.4 is 5.73 Å². The fourth-order valence-electron chi connectivity index (χ4n) is 4.25. The van der Waals surface area contributed by atoms with Crippen LogP contribution >= 0.6 is 0 Å². The number of hydrogen-bond donors (Lipinski definition) is 1. The van der Waals surface area contributed by atoms with Crippen LogP contribution in [0.4, 0.5) is 0 Å². The minimum absolute atomic E-state index is 0.239. The third-order valence-corrected chi connectivity index (χ3v) is 5.78. The van der Waals surface area contributed by atoms with Crippen molar-refractivity contribution in [1.29, 1.82) is 0 Å². The van der Waals surface area contributed by atoms with Gasteiger partial charge in [0.1, 0.15) is 5.54 Å². The number of benzene rings is 3. The molecule has 0 aliphatic heterocycles. The van der Waals surface area contributed by atoms with Crippen molar-refractivity contribution in [2.45, 2.75) is 23.9 Å². The second-order valence-corrected chi connectivity index (χ2v) is 7.52. The van der Waals surface area contributed by atoms with Crippen LogP contribution in [-0.4, -0.2) is 15.6 Å². The van der Waals surface area contributed by atoms with E-state index < -0.39 is 5.54 Å². The van der Waals surface area contributed by atoms with E-state index in [4.69, 9.17) is 10.7 Å². The summed E-state index contributed by atoms with van der Waals surface area (Å²) in [6.45, 7) is 0. The molecule has 3 nitrogen and oxygen atoms in total. The second kappa shape index (κ2) is 6.77. The van der Waals surface area contributed by atoms with Gasteiger partial charge in [0.25, 0.3) is 0 Å². The molecule has 1 fully saturated rings. The Bertz CT molecular complexity index is 958. The molecule has 4 aromatic rings. The van der Waals surface area contributed by atoms with Gasteiger partial charge in [0.2, 0.25) is 0 Å². The maximum atomic E-state index is 6.10. The summed E-state index contributed by atoms with van der Waals surface area (Å²) >= 11 is 0. The van der Waals surface area contributed by atoms with Crippen LogP contribution in [0.25, 0.3) is 0 Å².